The summed E-state index contributed by atoms with van der Waals surface area (Å²) in [4.78, 5) is 12.5. The molecule has 3 atom stereocenters. The minimum atomic E-state index is -0.494. The third-order valence-corrected chi connectivity index (χ3v) is 4.62. The number of Topliss-reactive ketones (excluding diaryl/α,β-unsaturated/α-hetero) is 1. The Labute approximate surface area is 118 Å². The Morgan fingerprint density at radius 2 is 2.15 bits per heavy atom. The maximum absolute atomic E-state index is 14.0. The minimum absolute atomic E-state index is 0.125. The molecule has 1 N–H and O–H groups in total. The number of benzene rings is 1. The number of fused-ring (bicyclic) bond motifs is 1. The second-order valence-electron chi connectivity index (χ2n) is 5.82. The lowest BCUT2D eigenvalue weighted by Crippen LogP contribution is -2.37. The van der Waals surface area contributed by atoms with Gasteiger partial charge in [-0.1, -0.05) is 12.8 Å². The molecule has 0 amide bonds. The summed E-state index contributed by atoms with van der Waals surface area (Å²) in [7, 11) is 1.49. The molecule has 1 aromatic rings. The summed E-state index contributed by atoms with van der Waals surface area (Å²) < 4.78 is 18.9. The summed E-state index contributed by atoms with van der Waals surface area (Å²) >= 11 is 0. The van der Waals surface area contributed by atoms with Crippen LogP contribution in [-0.4, -0.2) is 25.0 Å². The standard InChI is InChI=1S/C16H20FNO2/c1-20-11-6-7-12(13(17)9-11)16(19)15-8-10-4-2-3-5-14(10)18-15/h6-7,9-10,14-15,18H,2-5,8H2,1H3. The van der Waals surface area contributed by atoms with Gasteiger partial charge >= 0.3 is 0 Å². The molecule has 2 fully saturated rings. The van der Waals surface area contributed by atoms with Crippen LogP contribution in [0, 0.1) is 11.7 Å². The summed E-state index contributed by atoms with van der Waals surface area (Å²) in [5.41, 5.74) is 0.168. The van der Waals surface area contributed by atoms with Crippen LogP contribution in [-0.2, 0) is 0 Å². The van der Waals surface area contributed by atoms with E-state index < -0.39 is 5.82 Å². The molecule has 0 bridgehead atoms. The molecule has 1 aromatic carbocycles. The maximum Gasteiger partial charge on any atom is 0.182 e. The number of ketones is 1. The normalized spacial score (nSPS) is 29.0. The predicted molar refractivity (Wildman–Crippen MR) is 74.6 cm³/mol. The van der Waals surface area contributed by atoms with E-state index in [-0.39, 0.29) is 17.4 Å². The number of carbonyl (C=O) groups is 1. The average Bonchev–Trinajstić information content (AvgIpc) is 2.90. The van der Waals surface area contributed by atoms with Crippen molar-refractivity contribution in [2.24, 2.45) is 5.92 Å². The number of carbonyl (C=O) groups excluding carboxylic acids is 1. The summed E-state index contributed by atoms with van der Waals surface area (Å²) in [6.45, 7) is 0. The third-order valence-electron chi connectivity index (χ3n) is 4.62. The van der Waals surface area contributed by atoms with E-state index in [0.717, 1.165) is 12.8 Å². The molecule has 3 unspecified atom stereocenters. The fourth-order valence-electron chi connectivity index (χ4n) is 3.53. The molecule has 1 saturated carbocycles. The van der Waals surface area contributed by atoms with Crippen LogP contribution < -0.4 is 10.1 Å². The molecular weight excluding hydrogens is 257 g/mol. The average molecular weight is 277 g/mol. The van der Waals surface area contributed by atoms with Crippen molar-refractivity contribution < 1.29 is 13.9 Å². The molecule has 3 rings (SSSR count). The van der Waals surface area contributed by atoms with Crippen molar-refractivity contribution in [2.75, 3.05) is 7.11 Å². The molecule has 1 heterocycles. The zero-order valence-electron chi connectivity index (χ0n) is 11.7. The van der Waals surface area contributed by atoms with Crippen molar-refractivity contribution >= 4 is 5.78 Å². The maximum atomic E-state index is 14.0. The molecule has 20 heavy (non-hydrogen) atoms. The highest BCUT2D eigenvalue weighted by atomic mass is 19.1. The zero-order chi connectivity index (χ0) is 14.1. The van der Waals surface area contributed by atoms with Gasteiger partial charge in [-0.2, -0.15) is 0 Å². The molecule has 4 heteroatoms. The number of ether oxygens (including phenoxy) is 1. The summed E-state index contributed by atoms with van der Waals surface area (Å²) in [5, 5.41) is 3.40. The highest BCUT2D eigenvalue weighted by Crippen LogP contribution is 2.34. The highest BCUT2D eigenvalue weighted by Gasteiger charge is 2.38. The number of methoxy groups -OCH3 is 1. The predicted octanol–water partition coefficient (Wildman–Crippen LogP) is 2.94. The van der Waals surface area contributed by atoms with Crippen LogP contribution in [0.3, 0.4) is 0 Å². The number of hydrogen-bond acceptors (Lipinski definition) is 3. The topological polar surface area (TPSA) is 38.3 Å². The fraction of sp³-hybridized carbons (Fsp3) is 0.562. The van der Waals surface area contributed by atoms with Crippen LogP contribution in [0.4, 0.5) is 4.39 Å². The smallest absolute Gasteiger partial charge is 0.182 e. The number of halogens is 1. The monoisotopic (exact) mass is 277 g/mol. The second kappa shape index (κ2) is 5.52. The van der Waals surface area contributed by atoms with E-state index in [0.29, 0.717) is 17.7 Å². The van der Waals surface area contributed by atoms with E-state index in [9.17, 15) is 9.18 Å². The summed E-state index contributed by atoms with van der Waals surface area (Å²) in [5.74, 6) is 0.400. The Morgan fingerprint density at radius 3 is 2.85 bits per heavy atom. The van der Waals surface area contributed by atoms with Crippen LogP contribution in [0.5, 0.6) is 5.75 Å². The van der Waals surface area contributed by atoms with E-state index in [1.807, 2.05) is 0 Å². The Morgan fingerprint density at radius 1 is 1.35 bits per heavy atom. The van der Waals surface area contributed by atoms with E-state index in [1.165, 1.54) is 38.5 Å². The van der Waals surface area contributed by atoms with E-state index in [2.05, 4.69) is 5.32 Å². The Kier molecular flexibility index (Phi) is 3.74. The molecular formula is C16H20FNO2. The van der Waals surface area contributed by atoms with Gasteiger partial charge in [0.1, 0.15) is 11.6 Å². The molecule has 1 saturated heterocycles. The summed E-state index contributed by atoms with van der Waals surface area (Å²) in [6.07, 6.45) is 5.65. The molecule has 1 aliphatic carbocycles. The lowest BCUT2D eigenvalue weighted by Gasteiger charge is -2.24. The van der Waals surface area contributed by atoms with Crippen molar-refractivity contribution in [2.45, 2.75) is 44.2 Å². The largest absolute Gasteiger partial charge is 0.497 e. The molecule has 3 nitrogen and oxygen atoms in total. The van der Waals surface area contributed by atoms with Crippen molar-refractivity contribution in [1.29, 1.82) is 0 Å². The molecule has 2 aliphatic rings. The van der Waals surface area contributed by atoms with Gasteiger partial charge in [-0.05, 0) is 37.3 Å². The highest BCUT2D eigenvalue weighted by molar-refractivity contribution is 6.00. The third kappa shape index (κ3) is 2.44. The summed E-state index contributed by atoms with van der Waals surface area (Å²) in [6, 6.07) is 4.65. The van der Waals surface area contributed by atoms with Gasteiger partial charge in [-0.15, -0.1) is 0 Å². The first kappa shape index (κ1) is 13.6. The number of rotatable bonds is 3. The first-order chi connectivity index (χ1) is 9.69. The van der Waals surface area contributed by atoms with Gasteiger partial charge in [-0.25, -0.2) is 4.39 Å². The first-order valence-corrected chi connectivity index (χ1v) is 7.33. The molecule has 108 valence electrons. The first-order valence-electron chi connectivity index (χ1n) is 7.33. The van der Waals surface area contributed by atoms with Crippen molar-refractivity contribution in [3.05, 3.63) is 29.6 Å². The molecule has 0 radical (unpaired) electrons. The quantitative estimate of drug-likeness (QED) is 0.863. The number of hydrogen-bond donors (Lipinski definition) is 1. The van der Waals surface area contributed by atoms with Crippen molar-refractivity contribution in [1.82, 2.24) is 5.32 Å². The van der Waals surface area contributed by atoms with Gasteiger partial charge in [0.2, 0.25) is 0 Å². The van der Waals surface area contributed by atoms with Crippen LogP contribution >= 0.6 is 0 Å². The van der Waals surface area contributed by atoms with E-state index >= 15 is 0 Å². The van der Waals surface area contributed by atoms with Crippen LogP contribution in [0.25, 0.3) is 0 Å². The lowest BCUT2D eigenvalue weighted by atomic mass is 9.84. The minimum Gasteiger partial charge on any atom is -0.497 e. The van der Waals surface area contributed by atoms with Crippen LogP contribution in [0.1, 0.15) is 42.5 Å². The van der Waals surface area contributed by atoms with Gasteiger partial charge < -0.3 is 10.1 Å². The second-order valence-corrected chi connectivity index (χ2v) is 5.82. The van der Waals surface area contributed by atoms with Crippen molar-refractivity contribution in [3.63, 3.8) is 0 Å². The fourth-order valence-corrected chi connectivity index (χ4v) is 3.53. The Hall–Kier alpha value is -1.42. The van der Waals surface area contributed by atoms with Crippen LogP contribution in [0.2, 0.25) is 0 Å². The Balaban J connectivity index is 1.76. The van der Waals surface area contributed by atoms with Gasteiger partial charge in [0, 0.05) is 12.1 Å². The molecule has 1 aliphatic heterocycles. The van der Waals surface area contributed by atoms with Gasteiger partial charge in [0.25, 0.3) is 0 Å². The Bertz CT molecular complexity index is 503. The van der Waals surface area contributed by atoms with Gasteiger partial charge in [0.15, 0.2) is 5.78 Å². The van der Waals surface area contributed by atoms with Crippen LogP contribution in [0.15, 0.2) is 18.2 Å². The number of nitrogens with one attached hydrogen (secondary N) is 1. The lowest BCUT2D eigenvalue weighted by molar-refractivity contribution is 0.0945. The van der Waals surface area contributed by atoms with Gasteiger partial charge in [0.05, 0.1) is 18.7 Å². The van der Waals surface area contributed by atoms with E-state index in [4.69, 9.17) is 4.74 Å². The van der Waals surface area contributed by atoms with E-state index in [1.54, 1.807) is 6.07 Å². The molecule has 0 aromatic heterocycles. The molecule has 0 spiro atoms. The zero-order valence-corrected chi connectivity index (χ0v) is 11.7. The van der Waals surface area contributed by atoms with Gasteiger partial charge in [-0.3, -0.25) is 4.79 Å². The van der Waals surface area contributed by atoms with Crippen molar-refractivity contribution in [3.8, 4) is 5.75 Å². The SMILES string of the molecule is COc1ccc(C(=O)C2CC3CCCCC3N2)c(F)c1.